The number of carboxylic acids is 1. The van der Waals surface area contributed by atoms with E-state index in [0.717, 1.165) is 37.3 Å². The molecule has 1 aromatic carbocycles. The molecular weight excluding hydrogens is 401 g/mol. The third-order valence-corrected chi connectivity index (χ3v) is 5.28. The predicted octanol–water partition coefficient (Wildman–Crippen LogP) is 4.71. The molecule has 3 aromatic rings. The van der Waals surface area contributed by atoms with Gasteiger partial charge in [0.2, 0.25) is 0 Å². The molecule has 1 N–H and O–H groups in total. The molecule has 0 saturated carbocycles. The average Bonchev–Trinajstić information content (AvgIpc) is 3.42. The number of hydrogen-bond acceptors (Lipinski definition) is 6. The summed E-state index contributed by atoms with van der Waals surface area (Å²) in [5.74, 6) is 0.859. The Kier molecular flexibility index (Phi) is 5.99. The summed E-state index contributed by atoms with van der Waals surface area (Å²) in [6, 6.07) is 6.53. The van der Waals surface area contributed by atoms with Gasteiger partial charge in [0.25, 0.3) is 0 Å². The molecule has 0 atom stereocenters. The van der Waals surface area contributed by atoms with Crippen molar-refractivity contribution in [1.82, 2.24) is 9.97 Å². The van der Waals surface area contributed by atoms with Gasteiger partial charge in [0.05, 0.1) is 16.6 Å². The molecule has 0 unspecified atom stereocenters. The molecule has 0 bridgehead atoms. The van der Waals surface area contributed by atoms with Crippen LogP contribution in [-0.2, 0) is 11.2 Å². The highest BCUT2D eigenvalue weighted by Gasteiger charge is 2.25. The van der Waals surface area contributed by atoms with Crippen LogP contribution in [0.2, 0.25) is 0 Å². The Morgan fingerprint density at radius 2 is 1.87 bits per heavy atom. The average molecular weight is 425 g/mol. The van der Waals surface area contributed by atoms with Crippen LogP contribution in [0.4, 0.5) is 10.2 Å². The third kappa shape index (κ3) is 4.29. The summed E-state index contributed by atoms with van der Waals surface area (Å²) >= 11 is 0. The lowest BCUT2D eigenvalue weighted by Crippen LogP contribution is -2.20. The summed E-state index contributed by atoms with van der Waals surface area (Å²) in [5.41, 5.74) is 2.66. The number of methoxy groups -OCH3 is 1. The van der Waals surface area contributed by atoms with Crippen LogP contribution in [0.15, 0.2) is 34.5 Å². The van der Waals surface area contributed by atoms with Gasteiger partial charge in [-0.25, -0.2) is 19.2 Å². The highest BCUT2D eigenvalue weighted by molar-refractivity contribution is 5.93. The molecule has 1 aliphatic carbocycles. The number of halogens is 1. The quantitative estimate of drug-likeness (QED) is 0.650. The first kappa shape index (κ1) is 21.0. The molecule has 1 saturated heterocycles. The van der Waals surface area contributed by atoms with Crippen molar-refractivity contribution in [2.75, 3.05) is 32.2 Å². The lowest BCUT2D eigenvalue weighted by molar-refractivity contribution is 0.0697. The van der Waals surface area contributed by atoms with Crippen LogP contribution in [0, 0.1) is 0 Å². The van der Waals surface area contributed by atoms with E-state index >= 15 is 0 Å². The van der Waals surface area contributed by atoms with E-state index in [0.29, 0.717) is 41.1 Å². The van der Waals surface area contributed by atoms with Crippen molar-refractivity contribution in [3.8, 4) is 11.5 Å². The van der Waals surface area contributed by atoms with Gasteiger partial charge in [0.1, 0.15) is 17.3 Å². The second-order valence-electron chi connectivity index (χ2n) is 7.59. The number of nitrogens with zero attached hydrogens (tertiary/aromatic N) is 3. The highest BCUT2D eigenvalue weighted by atomic mass is 19.1. The van der Waals surface area contributed by atoms with Gasteiger partial charge in [0.15, 0.2) is 11.6 Å². The first-order chi connectivity index (χ1) is 15.0. The smallest absolute Gasteiger partial charge is 0.335 e. The minimum atomic E-state index is -0.997. The molecule has 162 valence electrons. The summed E-state index contributed by atoms with van der Waals surface area (Å²) in [6.45, 7) is 1.72. The van der Waals surface area contributed by atoms with Gasteiger partial charge in [-0.2, -0.15) is 0 Å². The molecule has 31 heavy (non-hydrogen) atoms. The summed E-state index contributed by atoms with van der Waals surface area (Å²) in [5, 5.41) is 9.26. The molecule has 0 amide bonds. The van der Waals surface area contributed by atoms with Crippen molar-refractivity contribution in [1.29, 1.82) is 0 Å². The summed E-state index contributed by atoms with van der Waals surface area (Å²) in [7, 11) is 3.25. The third-order valence-electron chi connectivity index (χ3n) is 5.28. The summed E-state index contributed by atoms with van der Waals surface area (Å²) in [6.07, 6.45) is 4.52. The number of fused-ring (bicyclic) bond motifs is 2. The van der Waals surface area contributed by atoms with E-state index in [1.54, 1.807) is 26.4 Å². The molecule has 1 fully saturated rings. The van der Waals surface area contributed by atoms with Gasteiger partial charge < -0.3 is 19.2 Å². The zero-order chi connectivity index (χ0) is 22.0. The van der Waals surface area contributed by atoms with Crippen molar-refractivity contribution in [3.63, 3.8) is 0 Å². The number of anilines is 1. The predicted molar refractivity (Wildman–Crippen MR) is 116 cm³/mol. The van der Waals surface area contributed by atoms with E-state index in [9.17, 15) is 14.3 Å². The van der Waals surface area contributed by atoms with Crippen molar-refractivity contribution >= 4 is 28.9 Å². The Balaban J connectivity index is 0.000000730. The number of allylic oxidation sites excluding steroid dienone is 1. The second-order valence-corrected chi connectivity index (χ2v) is 7.59. The molecular formula is C23H24FN3O4. The number of hydrogen-bond donors (Lipinski definition) is 1. The van der Waals surface area contributed by atoms with Crippen LogP contribution >= 0.6 is 0 Å². The molecule has 0 radical (unpaired) electrons. The van der Waals surface area contributed by atoms with E-state index in [1.165, 1.54) is 12.1 Å². The topological polar surface area (TPSA) is 88.7 Å². The van der Waals surface area contributed by atoms with Gasteiger partial charge >= 0.3 is 5.97 Å². The van der Waals surface area contributed by atoms with E-state index in [1.807, 2.05) is 6.07 Å². The number of carbonyl (C=O) groups is 1. The van der Waals surface area contributed by atoms with Gasteiger partial charge in [-0.05, 0) is 43.2 Å². The van der Waals surface area contributed by atoms with Crippen LogP contribution in [0.5, 0.6) is 0 Å². The maximum atomic E-state index is 13.6. The van der Waals surface area contributed by atoms with Gasteiger partial charge in [-0.15, -0.1) is 0 Å². The Bertz CT molecular complexity index is 1150. The number of furan rings is 1. The standard InChI is InChI=1S/C21H18FN3O3.C2H6O/c22-14-4-6-17-13(9-14)11-18(28-17)19-20(25-7-1-2-8-25)24-16-10-12(21(26)27)3-5-15(16)23-19;1-3-2/h3,5,9-11H,1-2,4,6-8H2,(H,26,27);1-2H3. The molecule has 1 aliphatic heterocycles. The zero-order valence-corrected chi connectivity index (χ0v) is 17.5. The van der Waals surface area contributed by atoms with Gasteiger partial charge in [-0.3, -0.25) is 0 Å². The van der Waals surface area contributed by atoms with Crippen molar-refractivity contribution in [2.45, 2.75) is 25.7 Å². The number of ether oxygens (including phenoxy) is 1. The lowest BCUT2D eigenvalue weighted by Gasteiger charge is -2.19. The van der Waals surface area contributed by atoms with Crippen LogP contribution in [0.25, 0.3) is 28.6 Å². The molecule has 5 rings (SSSR count). The van der Waals surface area contributed by atoms with Crippen LogP contribution in [0.3, 0.4) is 0 Å². The SMILES string of the molecule is COC.O=C(O)c1ccc2nc(-c3cc4c(o3)CCC(F)=C4)c(N3CCCC3)nc2c1. The van der Waals surface area contributed by atoms with E-state index in [-0.39, 0.29) is 11.4 Å². The first-order valence-electron chi connectivity index (χ1n) is 10.2. The van der Waals surface area contributed by atoms with Crippen molar-refractivity contribution < 1.29 is 23.4 Å². The molecule has 8 heteroatoms. The summed E-state index contributed by atoms with van der Waals surface area (Å²) < 4.78 is 23.9. The highest BCUT2D eigenvalue weighted by Crippen LogP contribution is 2.37. The van der Waals surface area contributed by atoms with Gasteiger partial charge in [-0.1, -0.05) is 0 Å². The van der Waals surface area contributed by atoms with Crippen molar-refractivity contribution in [3.05, 3.63) is 47.0 Å². The number of aryl methyl sites for hydroxylation is 1. The van der Waals surface area contributed by atoms with E-state index in [4.69, 9.17) is 14.4 Å². The van der Waals surface area contributed by atoms with Crippen LogP contribution in [-0.4, -0.2) is 48.4 Å². The van der Waals surface area contributed by atoms with E-state index in [2.05, 4.69) is 9.64 Å². The largest absolute Gasteiger partial charge is 0.478 e. The minimum absolute atomic E-state index is 0.148. The Morgan fingerprint density at radius 1 is 1.13 bits per heavy atom. The van der Waals surface area contributed by atoms with E-state index < -0.39 is 5.97 Å². The fourth-order valence-electron chi connectivity index (χ4n) is 3.84. The zero-order valence-electron chi connectivity index (χ0n) is 17.5. The molecule has 2 aromatic heterocycles. The monoisotopic (exact) mass is 425 g/mol. The molecule has 7 nitrogen and oxygen atoms in total. The normalized spacial score (nSPS) is 15.3. The van der Waals surface area contributed by atoms with Crippen molar-refractivity contribution in [2.24, 2.45) is 0 Å². The second kappa shape index (κ2) is 8.85. The molecule has 2 aliphatic rings. The first-order valence-corrected chi connectivity index (χ1v) is 10.2. The minimum Gasteiger partial charge on any atom is -0.478 e. The summed E-state index contributed by atoms with van der Waals surface area (Å²) in [4.78, 5) is 22.9. The number of carboxylic acid groups (broad SMARTS) is 1. The number of benzene rings is 1. The number of aromatic carboxylic acids is 1. The van der Waals surface area contributed by atoms with Gasteiger partial charge in [0, 0.05) is 45.7 Å². The Labute approximate surface area is 179 Å². The lowest BCUT2D eigenvalue weighted by atomic mass is 10.0. The number of aromatic nitrogens is 2. The van der Waals surface area contributed by atoms with Crippen LogP contribution in [0.1, 0.15) is 40.9 Å². The fraction of sp³-hybridized carbons (Fsp3) is 0.348. The Hall–Kier alpha value is -3.26. The fourth-order valence-corrected chi connectivity index (χ4v) is 3.84. The van der Waals surface area contributed by atoms with Crippen LogP contribution < -0.4 is 4.90 Å². The maximum absolute atomic E-state index is 13.6. The Morgan fingerprint density at radius 3 is 2.58 bits per heavy atom. The maximum Gasteiger partial charge on any atom is 0.335 e. The molecule has 3 heterocycles. The molecule has 0 spiro atoms. The number of rotatable bonds is 3.